The van der Waals surface area contributed by atoms with Gasteiger partial charge in [-0.25, -0.2) is 9.59 Å². The molecule has 20 heavy (non-hydrogen) atoms. The lowest BCUT2D eigenvalue weighted by atomic mass is 10.1. The number of esters is 2. The van der Waals surface area contributed by atoms with Gasteiger partial charge in [0, 0.05) is 0 Å². The summed E-state index contributed by atoms with van der Waals surface area (Å²) < 4.78 is 39.8. The number of cyclic esters (lactones) is 2. The van der Waals surface area contributed by atoms with Gasteiger partial charge in [-0.05, 0) is 18.2 Å². The molecule has 0 amide bonds. The Morgan fingerprint density at radius 2 is 1.30 bits per heavy atom. The summed E-state index contributed by atoms with van der Waals surface area (Å²) >= 11 is 0. The van der Waals surface area contributed by atoms with Crippen LogP contribution in [-0.4, -0.2) is 47.7 Å². The summed E-state index contributed by atoms with van der Waals surface area (Å²) in [7, 11) is -4.68. The minimum absolute atomic E-state index is 0.416. The molecule has 0 aromatic heterocycles. The van der Waals surface area contributed by atoms with Crippen LogP contribution in [0, 0.1) is 0 Å². The van der Waals surface area contributed by atoms with Gasteiger partial charge in [0.05, 0.1) is 16.0 Å². The number of carbonyl (C=O) groups excluding carboxylic acids is 2. The third-order valence-electron chi connectivity index (χ3n) is 2.38. The van der Waals surface area contributed by atoms with E-state index in [2.05, 4.69) is 9.47 Å². The maximum atomic E-state index is 11.6. The molecular weight excluding hydrogens is 296 g/mol. The van der Waals surface area contributed by atoms with Gasteiger partial charge in [-0.1, -0.05) is 0 Å². The van der Waals surface area contributed by atoms with Gasteiger partial charge < -0.3 is 19.7 Å². The van der Waals surface area contributed by atoms with Gasteiger partial charge in [-0.3, -0.25) is 4.55 Å². The molecule has 0 fully saturated rings. The molecule has 2 atom stereocenters. The molecule has 10 heteroatoms. The van der Waals surface area contributed by atoms with Crippen LogP contribution < -0.4 is 0 Å². The summed E-state index contributed by atoms with van der Waals surface area (Å²) in [6.07, 6.45) is -4.26. The highest BCUT2D eigenvalue weighted by Crippen LogP contribution is 2.20. The van der Waals surface area contributed by atoms with E-state index in [1.54, 1.807) is 0 Å². The van der Waals surface area contributed by atoms with Gasteiger partial charge in [0.1, 0.15) is 0 Å². The summed E-state index contributed by atoms with van der Waals surface area (Å²) in [4.78, 5) is 22.4. The largest absolute Gasteiger partial charge is 0.425 e. The Morgan fingerprint density at radius 3 is 1.65 bits per heavy atom. The van der Waals surface area contributed by atoms with Crippen LogP contribution in [-0.2, 0) is 19.6 Å². The van der Waals surface area contributed by atoms with Crippen LogP contribution in [0.1, 0.15) is 20.7 Å². The Labute approximate surface area is 112 Å². The van der Waals surface area contributed by atoms with Crippen molar-refractivity contribution in [1.29, 1.82) is 0 Å². The lowest BCUT2D eigenvalue weighted by Crippen LogP contribution is -2.34. The highest BCUT2D eigenvalue weighted by molar-refractivity contribution is 7.85. The topological polar surface area (TPSA) is 147 Å². The summed E-state index contributed by atoms with van der Waals surface area (Å²) in [5, 5.41) is 18.5. The van der Waals surface area contributed by atoms with Crippen molar-refractivity contribution in [3.05, 3.63) is 29.3 Å². The Balaban J connectivity index is 2.63. The summed E-state index contributed by atoms with van der Waals surface area (Å²) in [5.74, 6) is -2.41. The van der Waals surface area contributed by atoms with Gasteiger partial charge >= 0.3 is 11.9 Å². The van der Waals surface area contributed by atoms with Crippen LogP contribution in [0.3, 0.4) is 0 Å². The van der Waals surface area contributed by atoms with E-state index in [4.69, 9.17) is 4.55 Å². The smallest absolute Gasteiger partial charge is 0.340 e. The Bertz CT molecular complexity index is 638. The van der Waals surface area contributed by atoms with Crippen molar-refractivity contribution in [3.8, 4) is 0 Å². The van der Waals surface area contributed by atoms with Crippen LogP contribution >= 0.6 is 0 Å². The maximum Gasteiger partial charge on any atom is 0.340 e. The van der Waals surface area contributed by atoms with E-state index < -0.39 is 50.7 Å². The fraction of sp³-hybridized carbons (Fsp3) is 0.200. The number of hydrogen-bond donors (Lipinski definition) is 3. The molecule has 0 saturated heterocycles. The van der Waals surface area contributed by atoms with Crippen molar-refractivity contribution in [2.45, 2.75) is 17.5 Å². The van der Waals surface area contributed by atoms with Crippen molar-refractivity contribution in [1.82, 2.24) is 0 Å². The molecule has 1 aliphatic rings. The molecule has 1 aromatic rings. The van der Waals surface area contributed by atoms with Crippen molar-refractivity contribution >= 4 is 22.1 Å². The molecule has 2 bridgehead atoms. The molecular formula is C10H8O9S. The molecule has 3 N–H and O–H groups in total. The first kappa shape index (κ1) is 14.4. The fourth-order valence-electron chi connectivity index (χ4n) is 1.46. The van der Waals surface area contributed by atoms with Gasteiger partial charge in [-0.2, -0.15) is 8.42 Å². The van der Waals surface area contributed by atoms with Crippen molar-refractivity contribution in [2.24, 2.45) is 0 Å². The quantitative estimate of drug-likeness (QED) is 0.434. The molecule has 0 spiro atoms. The number of carbonyl (C=O) groups is 2. The highest BCUT2D eigenvalue weighted by atomic mass is 32.2. The molecule has 1 heterocycles. The first-order valence-electron chi connectivity index (χ1n) is 5.09. The average molecular weight is 304 g/mol. The second-order valence-corrected chi connectivity index (χ2v) is 5.23. The number of fused-ring (bicyclic) bond motifs is 2. The van der Waals surface area contributed by atoms with Crippen molar-refractivity contribution in [3.63, 3.8) is 0 Å². The molecule has 0 radical (unpaired) electrons. The molecule has 2 rings (SSSR count). The zero-order valence-electron chi connectivity index (χ0n) is 9.59. The molecule has 1 aromatic carbocycles. The molecule has 108 valence electrons. The number of benzene rings is 1. The maximum absolute atomic E-state index is 11.6. The SMILES string of the molecule is O=C1OC(O)C(O)OC(=O)c2cc1cc(S(=O)(=O)O)c2. The van der Waals surface area contributed by atoms with E-state index in [0.717, 1.165) is 18.2 Å². The van der Waals surface area contributed by atoms with Crippen LogP contribution in [0.15, 0.2) is 23.1 Å². The monoisotopic (exact) mass is 304 g/mol. The predicted octanol–water partition coefficient (Wildman–Crippen LogP) is -1.10. The van der Waals surface area contributed by atoms with E-state index >= 15 is 0 Å². The van der Waals surface area contributed by atoms with Gasteiger partial charge in [0.15, 0.2) is 0 Å². The lowest BCUT2D eigenvalue weighted by Gasteiger charge is -2.16. The molecule has 1 aliphatic heterocycles. The third kappa shape index (κ3) is 2.77. The lowest BCUT2D eigenvalue weighted by molar-refractivity contribution is -0.208. The van der Waals surface area contributed by atoms with E-state index in [1.807, 2.05) is 0 Å². The number of aliphatic hydroxyl groups is 2. The standard InChI is InChI=1S/C10H8O9S/c11-7-4-1-5(3-6(2-4)20(15,16)17)8(12)19-10(14)9(13)18-7/h1-3,9-10,13-14H,(H,15,16,17). The van der Waals surface area contributed by atoms with E-state index in [9.17, 15) is 28.2 Å². The first-order valence-corrected chi connectivity index (χ1v) is 6.53. The van der Waals surface area contributed by atoms with E-state index in [-0.39, 0.29) is 0 Å². The van der Waals surface area contributed by atoms with Crippen LogP contribution in [0.5, 0.6) is 0 Å². The molecule has 0 saturated carbocycles. The fourth-order valence-corrected chi connectivity index (χ4v) is 2.01. The normalized spacial score (nSPS) is 23.1. The Kier molecular flexibility index (Phi) is 3.48. The summed E-state index contributed by atoms with van der Waals surface area (Å²) in [6.45, 7) is 0. The van der Waals surface area contributed by atoms with Crippen molar-refractivity contribution < 1.29 is 42.2 Å². The Hall–Kier alpha value is -2.01. The van der Waals surface area contributed by atoms with Gasteiger partial charge in [0.2, 0.25) is 0 Å². The number of aliphatic hydroxyl groups excluding tert-OH is 2. The van der Waals surface area contributed by atoms with Crippen molar-refractivity contribution in [2.75, 3.05) is 0 Å². The second-order valence-electron chi connectivity index (χ2n) is 3.81. The van der Waals surface area contributed by atoms with E-state index in [1.165, 1.54) is 0 Å². The number of hydrogen-bond acceptors (Lipinski definition) is 8. The van der Waals surface area contributed by atoms with Crippen LogP contribution in [0.4, 0.5) is 0 Å². The first-order chi connectivity index (χ1) is 9.18. The zero-order chi connectivity index (χ0) is 15.1. The van der Waals surface area contributed by atoms with E-state index in [0.29, 0.717) is 0 Å². The molecule has 2 unspecified atom stereocenters. The second kappa shape index (κ2) is 4.83. The Morgan fingerprint density at radius 1 is 0.900 bits per heavy atom. The minimum atomic E-state index is -4.68. The minimum Gasteiger partial charge on any atom is -0.425 e. The molecule has 9 nitrogen and oxygen atoms in total. The zero-order valence-corrected chi connectivity index (χ0v) is 10.4. The third-order valence-corrected chi connectivity index (χ3v) is 3.21. The summed E-state index contributed by atoms with van der Waals surface area (Å²) in [5.41, 5.74) is -0.833. The highest BCUT2D eigenvalue weighted by Gasteiger charge is 2.30. The molecule has 0 aliphatic carbocycles. The van der Waals surface area contributed by atoms with Gasteiger partial charge in [-0.15, -0.1) is 0 Å². The predicted molar refractivity (Wildman–Crippen MR) is 59.1 cm³/mol. The van der Waals surface area contributed by atoms with Crippen LogP contribution in [0.2, 0.25) is 0 Å². The number of rotatable bonds is 1. The number of ether oxygens (including phenoxy) is 2. The summed E-state index contributed by atoms with van der Waals surface area (Å²) in [6, 6.07) is 2.43. The average Bonchev–Trinajstić information content (AvgIpc) is 2.37. The van der Waals surface area contributed by atoms with Gasteiger partial charge in [0.25, 0.3) is 22.7 Å². The van der Waals surface area contributed by atoms with Crippen LogP contribution in [0.25, 0.3) is 0 Å².